The van der Waals surface area contributed by atoms with Crippen molar-refractivity contribution in [3.05, 3.63) is 96.1 Å². The minimum atomic E-state index is -4.59. The van der Waals surface area contributed by atoms with Crippen LogP contribution in [0.5, 0.6) is 0 Å². The first-order valence-corrected chi connectivity index (χ1v) is 12.7. The van der Waals surface area contributed by atoms with Crippen LogP contribution in [-0.4, -0.2) is 24.7 Å². The van der Waals surface area contributed by atoms with E-state index in [0.717, 1.165) is 12.1 Å². The van der Waals surface area contributed by atoms with Crippen molar-refractivity contribution in [1.29, 1.82) is 0 Å². The second-order valence-corrected chi connectivity index (χ2v) is 10.7. The second-order valence-electron chi connectivity index (χ2n) is 6.87. The van der Waals surface area contributed by atoms with Gasteiger partial charge in [-0.3, -0.25) is 0 Å². The molecule has 0 N–H and O–H groups in total. The first-order valence-electron chi connectivity index (χ1n) is 9.30. The summed E-state index contributed by atoms with van der Waals surface area (Å²) < 4.78 is 85.1. The Morgan fingerprint density at radius 2 is 1.31 bits per heavy atom. The van der Waals surface area contributed by atoms with Gasteiger partial charge in [0.25, 0.3) is 10.0 Å². The Balaban J connectivity index is 2.08. The molecule has 168 valence electrons. The van der Waals surface area contributed by atoms with Crippen molar-refractivity contribution >= 4 is 25.6 Å². The highest BCUT2D eigenvalue weighted by Crippen LogP contribution is 2.30. The van der Waals surface area contributed by atoms with Gasteiger partial charge in [0.15, 0.2) is 5.84 Å². The van der Waals surface area contributed by atoms with Crippen LogP contribution in [0, 0.1) is 0 Å². The summed E-state index contributed by atoms with van der Waals surface area (Å²) in [6.45, 7) is 0. The summed E-state index contributed by atoms with van der Waals surface area (Å²) >= 11 is 0. The van der Waals surface area contributed by atoms with E-state index in [1.165, 1.54) is 6.26 Å². The van der Waals surface area contributed by atoms with E-state index in [4.69, 9.17) is 0 Å². The molecule has 3 aromatic rings. The van der Waals surface area contributed by atoms with E-state index in [1.54, 1.807) is 60.7 Å². The molecule has 0 bridgehead atoms. The maximum Gasteiger partial charge on any atom is 0.416 e. The molecule has 3 rings (SSSR count). The van der Waals surface area contributed by atoms with Crippen LogP contribution in [0.2, 0.25) is 0 Å². The van der Waals surface area contributed by atoms with Crippen LogP contribution < -0.4 is 0 Å². The van der Waals surface area contributed by atoms with Gasteiger partial charge in [-0.25, -0.2) is 4.21 Å². The molecule has 0 amide bonds. The van der Waals surface area contributed by atoms with Gasteiger partial charge in [0.05, 0.1) is 20.2 Å². The first-order chi connectivity index (χ1) is 15.0. The number of sulfonamides is 1. The van der Waals surface area contributed by atoms with Gasteiger partial charge in [-0.1, -0.05) is 48.5 Å². The van der Waals surface area contributed by atoms with Gasteiger partial charge in [0.2, 0.25) is 0 Å². The largest absolute Gasteiger partial charge is 0.416 e. The monoisotopic (exact) mass is 480 g/mol. The Morgan fingerprint density at radius 1 is 0.781 bits per heavy atom. The Hall–Kier alpha value is -2.98. The Bertz CT molecular complexity index is 1330. The molecule has 0 heterocycles. The van der Waals surface area contributed by atoms with E-state index < -0.39 is 36.4 Å². The highest BCUT2D eigenvalue weighted by molar-refractivity contribution is 7.93. The Kier molecular flexibility index (Phi) is 6.85. The normalized spacial score (nSPS) is 14.6. The zero-order valence-electron chi connectivity index (χ0n) is 16.9. The van der Waals surface area contributed by atoms with Gasteiger partial charge >= 0.3 is 6.18 Å². The van der Waals surface area contributed by atoms with Crippen LogP contribution >= 0.6 is 0 Å². The predicted molar refractivity (Wildman–Crippen MR) is 117 cm³/mol. The molecule has 0 radical (unpaired) electrons. The molecule has 0 saturated carbocycles. The van der Waals surface area contributed by atoms with E-state index in [9.17, 15) is 25.8 Å². The average Bonchev–Trinajstić information content (AvgIpc) is 2.74. The summed E-state index contributed by atoms with van der Waals surface area (Å²) in [5, 5.41) is 0. The molecular formula is C22H19F3N2O3S2. The fraction of sp³-hybridized carbons (Fsp3) is 0.136. The molecule has 0 aromatic heterocycles. The molecule has 0 aliphatic heterocycles. The average molecular weight is 481 g/mol. The van der Waals surface area contributed by atoms with Crippen molar-refractivity contribution < 1.29 is 25.8 Å². The highest BCUT2D eigenvalue weighted by atomic mass is 32.2. The number of rotatable bonds is 5. The van der Waals surface area contributed by atoms with E-state index in [0.29, 0.717) is 22.6 Å². The molecule has 0 fully saturated rings. The quantitative estimate of drug-likeness (QED) is 0.372. The van der Waals surface area contributed by atoms with E-state index in [1.807, 2.05) is 0 Å². The highest BCUT2D eigenvalue weighted by Gasteiger charge is 2.30. The summed E-state index contributed by atoms with van der Waals surface area (Å²) in [5.41, 5.74) is -0.295. The third-order valence-electron chi connectivity index (χ3n) is 4.37. The third-order valence-corrected chi connectivity index (χ3v) is 7.40. The van der Waals surface area contributed by atoms with Gasteiger partial charge in [-0.05, 0) is 42.0 Å². The maximum atomic E-state index is 13.2. The number of amidine groups is 1. The SMILES string of the molecule is CS(=O)(=N/C(Cc1ccccc1)=N\S(=O)(=O)c1ccc(C(F)(F)F)cc1)c1ccccc1. The van der Waals surface area contributed by atoms with E-state index in [-0.39, 0.29) is 12.3 Å². The molecule has 10 heteroatoms. The van der Waals surface area contributed by atoms with Crippen LogP contribution in [0.1, 0.15) is 11.1 Å². The number of alkyl halides is 3. The van der Waals surface area contributed by atoms with Crippen molar-refractivity contribution in [3.8, 4) is 0 Å². The number of halogens is 3. The summed E-state index contributed by atoms with van der Waals surface area (Å²) in [4.78, 5) is -0.0266. The number of nitrogens with zero attached hydrogens (tertiary/aromatic N) is 2. The molecule has 32 heavy (non-hydrogen) atoms. The molecule has 1 atom stereocenters. The topological polar surface area (TPSA) is 75.9 Å². The van der Waals surface area contributed by atoms with Crippen LogP contribution in [0.25, 0.3) is 0 Å². The number of hydrogen-bond donors (Lipinski definition) is 0. The van der Waals surface area contributed by atoms with Gasteiger partial charge in [0, 0.05) is 17.6 Å². The van der Waals surface area contributed by atoms with Crippen LogP contribution in [-0.2, 0) is 32.3 Å². The summed E-state index contributed by atoms with van der Waals surface area (Å²) in [7, 11) is -7.42. The molecule has 5 nitrogen and oxygen atoms in total. The van der Waals surface area contributed by atoms with Gasteiger partial charge in [0.1, 0.15) is 0 Å². The molecule has 0 spiro atoms. The fourth-order valence-electron chi connectivity index (χ4n) is 2.79. The van der Waals surface area contributed by atoms with Gasteiger partial charge in [-0.15, -0.1) is 4.40 Å². The van der Waals surface area contributed by atoms with Crippen molar-refractivity contribution in [2.75, 3.05) is 6.26 Å². The van der Waals surface area contributed by atoms with Crippen molar-refractivity contribution in [2.45, 2.75) is 22.4 Å². The van der Waals surface area contributed by atoms with Gasteiger partial charge < -0.3 is 0 Å². The molecule has 0 aliphatic rings. The number of benzene rings is 3. The molecule has 1 unspecified atom stereocenters. The van der Waals surface area contributed by atoms with E-state index >= 15 is 0 Å². The van der Waals surface area contributed by atoms with Crippen molar-refractivity contribution in [1.82, 2.24) is 0 Å². The molecular weight excluding hydrogens is 461 g/mol. The van der Waals surface area contributed by atoms with Crippen molar-refractivity contribution in [3.63, 3.8) is 0 Å². The number of hydrogen-bond acceptors (Lipinski definition) is 3. The summed E-state index contributed by atoms with van der Waals surface area (Å²) in [6, 6.07) is 20.1. The molecule has 0 aliphatic carbocycles. The van der Waals surface area contributed by atoms with E-state index in [2.05, 4.69) is 8.76 Å². The minimum absolute atomic E-state index is 0.0294. The lowest BCUT2D eigenvalue weighted by atomic mass is 10.1. The summed E-state index contributed by atoms with van der Waals surface area (Å²) in [6.07, 6.45) is -3.26. The predicted octanol–water partition coefficient (Wildman–Crippen LogP) is 5.19. The smallest absolute Gasteiger partial charge is 0.245 e. The lowest BCUT2D eigenvalue weighted by Crippen LogP contribution is -2.10. The minimum Gasteiger partial charge on any atom is -0.245 e. The summed E-state index contributed by atoms with van der Waals surface area (Å²) in [5.74, 6) is -0.215. The standard InChI is InChI=1S/C22H19F3N2O3S2/c1-31(28,19-10-6-3-7-11-19)26-21(16-17-8-4-2-5-9-17)27-32(29,30)20-14-12-18(13-15-20)22(23,24)25/h2-15H,16H2,1H3/b27-21-. The zero-order chi connectivity index (χ0) is 23.4. The third kappa shape index (κ3) is 6.04. The zero-order valence-corrected chi connectivity index (χ0v) is 18.5. The van der Waals surface area contributed by atoms with Crippen LogP contribution in [0.3, 0.4) is 0 Å². The molecule has 0 saturated heterocycles. The van der Waals surface area contributed by atoms with Crippen LogP contribution in [0.4, 0.5) is 13.2 Å². The Morgan fingerprint density at radius 3 is 1.84 bits per heavy atom. The maximum absolute atomic E-state index is 13.2. The lowest BCUT2D eigenvalue weighted by Gasteiger charge is -2.09. The van der Waals surface area contributed by atoms with Gasteiger partial charge in [-0.2, -0.15) is 26.0 Å². The fourth-order valence-corrected chi connectivity index (χ4v) is 5.09. The molecule has 3 aromatic carbocycles. The first kappa shape index (κ1) is 23.7. The lowest BCUT2D eigenvalue weighted by molar-refractivity contribution is -0.137. The van der Waals surface area contributed by atoms with Crippen molar-refractivity contribution in [2.24, 2.45) is 8.76 Å². The Labute approximate surface area is 184 Å². The second kappa shape index (κ2) is 9.25. The van der Waals surface area contributed by atoms with Crippen LogP contribution in [0.15, 0.2) is 103 Å².